The summed E-state index contributed by atoms with van der Waals surface area (Å²) in [4.78, 5) is 355. The van der Waals surface area contributed by atoms with Gasteiger partial charge in [0.2, 0.25) is 70.9 Å². The predicted octanol–water partition coefficient (Wildman–Crippen LogP) is 4.09. The minimum Gasteiger partial charge on any atom is -0.481 e. The molecule has 12 amide bonds. The zero-order chi connectivity index (χ0) is 112. The van der Waals surface area contributed by atoms with Crippen molar-refractivity contribution in [3.63, 3.8) is 0 Å². The van der Waals surface area contributed by atoms with Gasteiger partial charge in [-0.2, -0.15) is 0 Å². The van der Waals surface area contributed by atoms with Crippen LogP contribution in [-0.4, -0.2) is 351 Å². The van der Waals surface area contributed by atoms with Gasteiger partial charge in [0.05, 0.1) is 42.9 Å². The van der Waals surface area contributed by atoms with Crippen LogP contribution in [0.1, 0.15) is 265 Å². The van der Waals surface area contributed by atoms with Gasteiger partial charge in [-0.25, -0.2) is 0 Å². The minimum absolute atomic E-state index is 0.0232. The molecule has 0 saturated carbocycles. The fourth-order valence-corrected chi connectivity index (χ4v) is 17.4. The van der Waals surface area contributed by atoms with E-state index in [1.807, 2.05) is 33.0 Å². The summed E-state index contributed by atoms with van der Waals surface area (Å²) >= 11 is 0. The Morgan fingerprint density at radius 1 is 0.393 bits per heavy atom. The van der Waals surface area contributed by atoms with Gasteiger partial charge < -0.3 is 102 Å². The number of carbonyl (C=O) groups excluding carboxylic acids is 18. The van der Waals surface area contributed by atoms with Crippen LogP contribution < -0.4 is 26.6 Å². The fourth-order valence-electron chi connectivity index (χ4n) is 17.4. The molecular formula is C100H160N12O33. The highest BCUT2D eigenvalue weighted by Crippen LogP contribution is 2.32. The summed E-state index contributed by atoms with van der Waals surface area (Å²) < 4.78 is 0. The Bertz CT molecular complexity index is 4580. The number of rotatable bonds is 51. The number of carboxylic acids is 7. The zero-order valence-electron chi connectivity index (χ0n) is 88.3. The number of aliphatic hydroxyl groups excluding tert-OH is 1. The summed E-state index contributed by atoms with van der Waals surface area (Å²) in [6, 6.07) is -15.4. The SMILES string of the molecule is CC[C@@H]1CC(=O)[C@H]([C@H](O)[C@H](C)CC=CC(=O)N[C@H](CCC(=O)O)C(=O)C[C@H](CCC(=O)O)C(=O)N[C@H](CCC(=O)O)C(=O)C[C@H](CCC(=O)O)C(=O)N[C@H](CCC(=O)O)C(=O)C[C@H](CCC(=O)O)C(=O)NCC(=O)O)N(C)C(=O)[C@H](C(C)C)N(C)C(=O)[C@H](CC(C)C)N(C)C(=O)[C@H](CC(C)C)N(C)C(=O)[C@@H](C)NC(=O)[C@H](C)CC(=O)[C@H](CC(C)C)N(C)C(=O)[C@H](C(C)C)CC(=O)[C@H](CC(C)C)N(C)C(=O)CN(C)C1=O. The second-order valence-electron chi connectivity index (χ2n) is 40.9. The maximum atomic E-state index is 15.8. The quantitative estimate of drug-likeness (QED) is 0.0381. The number of hydrogen-bond donors (Lipinski definition) is 13. The first-order valence-electron chi connectivity index (χ1n) is 49.5. The molecule has 45 heteroatoms. The normalized spacial score (nSPS) is 21.7. The van der Waals surface area contributed by atoms with Gasteiger partial charge in [0, 0.05) is 162 Å². The van der Waals surface area contributed by atoms with E-state index >= 15 is 19.2 Å². The smallest absolute Gasteiger partial charge is 0.322 e. The van der Waals surface area contributed by atoms with Gasteiger partial charge in [0.25, 0.3) is 0 Å². The van der Waals surface area contributed by atoms with Crippen molar-refractivity contribution < 1.29 is 161 Å². The highest BCUT2D eigenvalue weighted by Gasteiger charge is 2.47. The van der Waals surface area contributed by atoms with Crippen LogP contribution in [0, 0.1) is 76.9 Å². The number of allylic oxidation sites excluding steroid dienone is 1. The Kier molecular flexibility index (Phi) is 56.9. The summed E-state index contributed by atoms with van der Waals surface area (Å²) in [6.07, 6.45) is -14.2. The lowest BCUT2D eigenvalue weighted by molar-refractivity contribution is -0.157. The van der Waals surface area contributed by atoms with E-state index < -0.39 is 396 Å². The van der Waals surface area contributed by atoms with Crippen molar-refractivity contribution >= 4 is 147 Å². The molecule has 1 aliphatic heterocycles. The maximum Gasteiger partial charge on any atom is 0.322 e. The lowest BCUT2D eigenvalue weighted by Crippen LogP contribution is -2.61. The summed E-state index contributed by atoms with van der Waals surface area (Å²) in [5, 5.41) is 91.6. The third-order valence-electron chi connectivity index (χ3n) is 26.1. The third kappa shape index (κ3) is 44.6. The van der Waals surface area contributed by atoms with Crippen molar-refractivity contribution in [2.45, 2.75) is 331 Å². The Labute approximate surface area is 848 Å². The van der Waals surface area contributed by atoms with Crippen molar-refractivity contribution in [1.82, 2.24) is 60.9 Å². The van der Waals surface area contributed by atoms with E-state index in [0.717, 1.165) is 31.8 Å². The van der Waals surface area contributed by atoms with Gasteiger partial charge in [-0.1, -0.05) is 110 Å². The average molecular weight is 2060 g/mol. The van der Waals surface area contributed by atoms with E-state index in [0.29, 0.717) is 0 Å². The van der Waals surface area contributed by atoms with E-state index in [9.17, 15) is 136 Å². The molecule has 1 heterocycles. The molecule has 818 valence electrons. The molecule has 18 atom stereocenters. The molecule has 145 heavy (non-hydrogen) atoms. The molecule has 1 aliphatic rings. The van der Waals surface area contributed by atoms with Gasteiger partial charge >= 0.3 is 41.8 Å². The highest BCUT2D eigenvalue weighted by molar-refractivity contribution is 6.02. The summed E-state index contributed by atoms with van der Waals surface area (Å²) in [6.45, 7) is 25.3. The van der Waals surface area contributed by atoms with Crippen molar-refractivity contribution in [2.24, 2.45) is 76.9 Å². The van der Waals surface area contributed by atoms with Crippen LogP contribution in [-0.2, 0) is 120 Å². The second kappa shape index (κ2) is 63.1. The molecule has 0 aliphatic carbocycles. The predicted molar refractivity (Wildman–Crippen MR) is 523 cm³/mol. The number of aliphatic carboxylic acids is 7. The van der Waals surface area contributed by atoms with Crippen LogP contribution >= 0.6 is 0 Å². The first-order chi connectivity index (χ1) is 67.1. The van der Waals surface area contributed by atoms with Crippen LogP contribution in [0.5, 0.6) is 0 Å². The van der Waals surface area contributed by atoms with Gasteiger partial charge in [-0.15, -0.1) is 0 Å². The van der Waals surface area contributed by atoms with Crippen molar-refractivity contribution in [1.29, 1.82) is 0 Å². The number of ketones is 6. The molecule has 0 unspecified atom stereocenters. The third-order valence-corrected chi connectivity index (χ3v) is 26.1. The van der Waals surface area contributed by atoms with Gasteiger partial charge in [-0.3, -0.25) is 120 Å². The number of nitrogens with zero attached hydrogens (tertiary/aromatic N) is 7. The standard InChI is InChI=1S/C100H160N12O33/c1-24-61-45-78(118)89(90(135)58(14)26-25-27-79(119)103-66(31-37-84(127)128)73(113)47-63(29-35-82(123)124)93(138)105-68(33-39-86(131)132)75(115)48-64(30-36-83(125)126)94(139)104-67(32-38-85(129)130)74(114)46-62(28-34-81(121)122)92(137)101-50-87(133)134)112(23)100(145)88(57(12)13)111(22)99(144)72(43-55(8)9)110(21)98(143)71(42-54(6)7)109(20)95(140)60(16)102-91(136)59(15)44-76(116)70(41-53(4)5)108(19)97(142)65(56(10)11)49-77(117)69(40-52(2)3)107(18)80(120)51-106(17)96(61)141/h25,27,52-72,88-90,135H,24,26,28-51H2,1-23H3,(H,101,137)(H,102,136)(H,103,119)(H,104,139)(H,105,138)(H,121,122)(H,123,124)(H,125,126)(H,127,128)(H,129,130)(H,131,132)(H,133,134)/t58-,59-,60-,61-,62+,63+,64+,65+,66-,67-,68-,69+,70+,71+,72+,88+,89-,90-/m1/s1. The summed E-state index contributed by atoms with van der Waals surface area (Å²) in [5.74, 6) is -39.1. The highest BCUT2D eigenvalue weighted by atomic mass is 16.4. The largest absolute Gasteiger partial charge is 0.481 e. The Balaban J connectivity index is 4.37. The lowest BCUT2D eigenvalue weighted by atomic mass is 9.84. The molecule has 1 fully saturated rings. The summed E-state index contributed by atoms with van der Waals surface area (Å²) in [7, 11) is 9.30. The van der Waals surface area contributed by atoms with Crippen molar-refractivity contribution in [3.8, 4) is 0 Å². The van der Waals surface area contributed by atoms with Crippen LogP contribution in [0.3, 0.4) is 0 Å². The van der Waals surface area contributed by atoms with Gasteiger partial charge in [-0.05, 0) is 131 Å². The molecule has 13 N–H and O–H groups in total. The molecule has 45 nitrogen and oxygen atoms in total. The van der Waals surface area contributed by atoms with E-state index in [4.69, 9.17) is 5.11 Å². The Morgan fingerprint density at radius 2 is 0.752 bits per heavy atom. The van der Waals surface area contributed by atoms with Crippen LogP contribution in [0.25, 0.3) is 0 Å². The van der Waals surface area contributed by atoms with Gasteiger partial charge in [0.1, 0.15) is 36.8 Å². The van der Waals surface area contributed by atoms with Crippen LogP contribution in [0.4, 0.5) is 0 Å². The van der Waals surface area contributed by atoms with Crippen LogP contribution in [0.2, 0.25) is 0 Å². The molecule has 0 spiro atoms. The first kappa shape index (κ1) is 131. The number of carbonyl (C=O) groups is 25. The van der Waals surface area contributed by atoms with Crippen molar-refractivity contribution in [3.05, 3.63) is 12.2 Å². The number of Topliss-reactive ketones (excluding diaryl/α,β-unsaturated/α-hetero) is 6. The molecule has 0 aromatic heterocycles. The molecule has 0 radical (unpaired) electrons. The molecule has 1 rings (SSSR count). The monoisotopic (exact) mass is 2060 g/mol. The number of nitrogens with one attached hydrogen (secondary N) is 5. The number of hydrogen-bond acceptors (Lipinski definition) is 26. The number of likely N-dealkylation sites (N-methyl/N-ethyl adjacent to an activating group) is 7. The van der Waals surface area contributed by atoms with Gasteiger partial charge in [0.15, 0.2) is 34.7 Å². The number of carboxylic acid groups (broad SMARTS) is 7. The zero-order valence-corrected chi connectivity index (χ0v) is 88.3. The lowest BCUT2D eigenvalue weighted by Gasteiger charge is -2.41. The maximum absolute atomic E-state index is 15.8. The van der Waals surface area contributed by atoms with Crippen molar-refractivity contribution in [2.75, 3.05) is 62.4 Å². The molecule has 0 aromatic rings. The van der Waals surface area contributed by atoms with E-state index in [1.54, 1.807) is 62.3 Å². The minimum atomic E-state index is -1.97. The Morgan fingerprint density at radius 3 is 1.14 bits per heavy atom. The van der Waals surface area contributed by atoms with E-state index in [-0.39, 0.29) is 62.2 Å². The Hall–Kier alpha value is -12.3. The van der Waals surface area contributed by atoms with Crippen LogP contribution in [0.15, 0.2) is 12.2 Å². The molecule has 1 saturated heterocycles. The number of amides is 12. The number of aliphatic hydroxyl groups is 1. The first-order valence-corrected chi connectivity index (χ1v) is 49.5. The molecular weight excluding hydrogens is 1900 g/mol. The topological polar surface area (TPSA) is 671 Å². The van der Waals surface area contributed by atoms with E-state index in [1.165, 1.54) is 84.8 Å². The molecule has 0 bridgehead atoms. The summed E-state index contributed by atoms with van der Waals surface area (Å²) in [5.41, 5.74) is 0. The second-order valence-corrected chi connectivity index (χ2v) is 40.9. The van der Waals surface area contributed by atoms with E-state index in [2.05, 4.69) is 21.3 Å². The molecule has 0 aromatic carbocycles. The fraction of sp³-hybridized carbons (Fsp3) is 0.730. The average Bonchev–Trinajstić information content (AvgIpc) is 0.811.